The van der Waals surface area contributed by atoms with Crippen molar-refractivity contribution in [1.82, 2.24) is 19.8 Å². The third-order valence-electron chi connectivity index (χ3n) is 3.71. The first kappa shape index (κ1) is 24.1. The third-order valence-corrected chi connectivity index (χ3v) is 4.00. The normalized spacial score (nSPS) is 13.1. The molecule has 0 aromatic carbocycles. The molecule has 144 valence electrons. The van der Waals surface area contributed by atoms with Gasteiger partial charge in [0.05, 0.1) is 0 Å². The summed E-state index contributed by atoms with van der Waals surface area (Å²) < 4.78 is 1.72. The Balaban J connectivity index is 0.000000679. The van der Waals surface area contributed by atoms with Crippen LogP contribution in [0.2, 0.25) is 5.15 Å². The highest BCUT2D eigenvalue weighted by atomic mass is 35.5. The maximum Gasteiger partial charge on any atom is 0.180 e. The number of rotatable bonds is 2. The highest BCUT2D eigenvalue weighted by Gasteiger charge is 2.24. The molecule has 3 rings (SSSR count). The van der Waals surface area contributed by atoms with Crippen LogP contribution < -0.4 is 0 Å². The SMILES string of the molecule is C/C=C(\C)c1nnc2cc(C3CCC3)c(Cl)nn12.C=CC.C=CC.CC. The van der Waals surface area contributed by atoms with Crippen molar-refractivity contribution in [3.63, 3.8) is 0 Å². The van der Waals surface area contributed by atoms with Crippen LogP contribution in [0.1, 0.15) is 78.1 Å². The monoisotopic (exact) mass is 376 g/mol. The topological polar surface area (TPSA) is 43.1 Å². The van der Waals surface area contributed by atoms with Crippen molar-refractivity contribution in [3.05, 3.63) is 54.0 Å². The number of hydrogen-bond donors (Lipinski definition) is 0. The molecular formula is C21H33ClN4. The van der Waals surface area contributed by atoms with Crippen molar-refractivity contribution >= 4 is 22.8 Å². The van der Waals surface area contributed by atoms with Crippen molar-refractivity contribution in [2.45, 2.75) is 66.7 Å². The van der Waals surface area contributed by atoms with Crippen LogP contribution in [0.3, 0.4) is 0 Å². The van der Waals surface area contributed by atoms with E-state index in [0.29, 0.717) is 11.1 Å². The average molecular weight is 377 g/mol. The molecule has 26 heavy (non-hydrogen) atoms. The molecule has 0 amide bonds. The van der Waals surface area contributed by atoms with Crippen LogP contribution in [0.25, 0.3) is 11.2 Å². The Bertz CT molecular complexity index is 706. The van der Waals surface area contributed by atoms with Gasteiger partial charge in [0.1, 0.15) is 0 Å². The van der Waals surface area contributed by atoms with Gasteiger partial charge in [-0.05, 0) is 63.7 Å². The summed E-state index contributed by atoms with van der Waals surface area (Å²) >= 11 is 6.28. The molecule has 1 aliphatic rings. The van der Waals surface area contributed by atoms with Gasteiger partial charge in [-0.3, -0.25) is 0 Å². The molecule has 0 saturated heterocycles. The van der Waals surface area contributed by atoms with E-state index in [1.165, 1.54) is 19.3 Å². The fourth-order valence-corrected chi connectivity index (χ4v) is 2.49. The first-order valence-corrected chi connectivity index (χ1v) is 9.60. The van der Waals surface area contributed by atoms with Crippen molar-refractivity contribution in [2.75, 3.05) is 0 Å². The zero-order valence-electron chi connectivity index (χ0n) is 17.1. The molecule has 1 aliphatic carbocycles. The maximum atomic E-state index is 6.28. The molecule has 0 bridgehead atoms. The highest BCUT2D eigenvalue weighted by molar-refractivity contribution is 6.30. The van der Waals surface area contributed by atoms with E-state index in [0.717, 1.165) is 22.6 Å². The van der Waals surface area contributed by atoms with Crippen molar-refractivity contribution in [2.24, 2.45) is 0 Å². The summed E-state index contributed by atoms with van der Waals surface area (Å²) in [4.78, 5) is 0. The minimum absolute atomic E-state index is 0.554. The number of hydrogen-bond acceptors (Lipinski definition) is 3. The number of fused-ring (bicyclic) bond motifs is 1. The van der Waals surface area contributed by atoms with Gasteiger partial charge in [-0.15, -0.1) is 23.4 Å². The summed E-state index contributed by atoms with van der Waals surface area (Å²) in [6.45, 7) is 18.5. The Kier molecular flexibility index (Phi) is 12.3. The van der Waals surface area contributed by atoms with Gasteiger partial charge in [-0.25, -0.2) is 0 Å². The van der Waals surface area contributed by atoms with Crippen LogP contribution in [0.4, 0.5) is 0 Å². The molecular weight excluding hydrogens is 344 g/mol. The molecule has 0 N–H and O–H groups in total. The predicted octanol–water partition coefficient (Wildman–Crippen LogP) is 6.88. The van der Waals surface area contributed by atoms with E-state index in [9.17, 15) is 0 Å². The van der Waals surface area contributed by atoms with Gasteiger partial charge in [-0.2, -0.15) is 9.61 Å². The quantitative estimate of drug-likeness (QED) is 0.536. The second-order valence-corrected chi connectivity index (χ2v) is 5.96. The molecule has 0 aliphatic heterocycles. The lowest BCUT2D eigenvalue weighted by Gasteiger charge is -2.25. The van der Waals surface area contributed by atoms with E-state index in [1.807, 2.05) is 53.7 Å². The number of nitrogens with zero attached hydrogens (tertiary/aromatic N) is 4. The lowest BCUT2D eigenvalue weighted by Crippen LogP contribution is -2.11. The smallest absolute Gasteiger partial charge is 0.180 e. The van der Waals surface area contributed by atoms with E-state index >= 15 is 0 Å². The van der Waals surface area contributed by atoms with Gasteiger partial charge < -0.3 is 0 Å². The first-order valence-electron chi connectivity index (χ1n) is 9.23. The van der Waals surface area contributed by atoms with Gasteiger partial charge in [0.25, 0.3) is 0 Å². The zero-order valence-corrected chi connectivity index (χ0v) is 17.8. The lowest BCUT2D eigenvalue weighted by atomic mass is 9.81. The number of halogens is 1. The third kappa shape index (κ3) is 6.41. The summed E-state index contributed by atoms with van der Waals surface area (Å²) in [6, 6.07) is 2.03. The van der Waals surface area contributed by atoms with E-state index in [2.05, 4.69) is 28.5 Å². The maximum absolute atomic E-state index is 6.28. The second-order valence-electron chi connectivity index (χ2n) is 5.60. The Hall–Kier alpha value is -1.94. The van der Waals surface area contributed by atoms with Crippen LogP contribution in [0, 0.1) is 0 Å². The van der Waals surface area contributed by atoms with Crippen LogP contribution >= 0.6 is 11.6 Å². The zero-order chi connectivity index (χ0) is 20.1. The van der Waals surface area contributed by atoms with Crippen molar-refractivity contribution < 1.29 is 0 Å². The van der Waals surface area contributed by atoms with Gasteiger partial charge in [0, 0.05) is 0 Å². The van der Waals surface area contributed by atoms with Crippen LogP contribution in [0.15, 0.2) is 37.5 Å². The Morgan fingerprint density at radius 1 is 1.15 bits per heavy atom. The molecule has 2 aromatic heterocycles. The summed E-state index contributed by atoms with van der Waals surface area (Å²) in [7, 11) is 0. The minimum atomic E-state index is 0.554. The number of allylic oxidation sites excluding steroid dienone is 4. The Morgan fingerprint density at radius 3 is 2.12 bits per heavy atom. The molecule has 0 atom stereocenters. The lowest BCUT2D eigenvalue weighted by molar-refractivity contribution is 0.418. The fourth-order valence-electron chi connectivity index (χ4n) is 2.21. The van der Waals surface area contributed by atoms with E-state index < -0.39 is 0 Å². The molecule has 2 aromatic rings. The molecule has 4 nitrogen and oxygen atoms in total. The summed E-state index contributed by atoms with van der Waals surface area (Å²) in [5, 5.41) is 13.4. The summed E-state index contributed by atoms with van der Waals surface area (Å²) in [6.07, 6.45) is 9.17. The van der Waals surface area contributed by atoms with Crippen LogP contribution in [0.5, 0.6) is 0 Å². The van der Waals surface area contributed by atoms with Crippen LogP contribution in [-0.2, 0) is 0 Å². The van der Waals surface area contributed by atoms with E-state index in [1.54, 1.807) is 16.7 Å². The van der Waals surface area contributed by atoms with E-state index in [-0.39, 0.29) is 0 Å². The van der Waals surface area contributed by atoms with Gasteiger partial charge in [0.2, 0.25) is 0 Å². The minimum Gasteiger partial charge on any atom is -0.192 e. The second kappa shape index (κ2) is 13.3. The average Bonchev–Trinajstić information content (AvgIpc) is 2.99. The molecule has 5 heteroatoms. The largest absolute Gasteiger partial charge is 0.192 e. The van der Waals surface area contributed by atoms with E-state index in [4.69, 9.17) is 11.6 Å². The summed E-state index contributed by atoms with van der Waals surface area (Å²) in [5.41, 5.74) is 2.94. The van der Waals surface area contributed by atoms with Gasteiger partial charge in [-0.1, -0.05) is 50.1 Å². The summed E-state index contributed by atoms with van der Waals surface area (Å²) in [5.74, 6) is 1.31. The Labute approximate surface area is 163 Å². The molecule has 0 unspecified atom stereocenters. The van der Waals surface area contributed by atoms with Gasteiger partial charge >= 0.3 is 0 Å². The fraction of sp³-hybridized carbons (Fsp3) is 0.476. The molecule has 0 radical (unpaired) electrons. The molecule has 2 heterocycles. The molecule has 0 spiro atoms. The first-order chi connectivity index (χ1) is 12.5. The molecule has 1 saturated carbocycles. The van der Waals surface area contributed by atoms with Crippen LogP contribution in [-0.4, -0.2) is 19.8 Å². The van der Waals surface area contributed by atoms with Gasteiger partial charge in [0.15, 0.2) is 16.6 Å². The predicted molar refractivity (Wildman–Crippen MR) is 115 cm³/mol. The standard InChI is InChI=1S/C13H15ClN4.2C3H6.C2H6/c1-3-8(2)13-16-15-11-7-10(9-5-4-6-9)12(14)17-18(11)13;2*1-3-2;1-2/h3,7,9H,4-6H2,1-2H3;2*3H,1H2,2H3;1-2H3/b8-3+;;;. The highest BCUT2D eigenvalue weighted by Crippen LogP contribution is 2.39. The number of aromatic nitrogens is 4. The Morgan fingerprint density at radius 2 is 1.69 bits per heavy atom. The molecule has 1 fully saturated rings. The van der Waals surface area contributed by atoms with Crippen molar-refractivity contribution in [1.29, 1.82) is 0 Å². The van der Waals surface area contributed by atoms with Crippen molar-refractivity contribution in [3.8, 4) is 0 Å².